The average molecular weight is 339 g/mol. The van der Waals surface area contributed by atoms with Crippen LogP contribution in [0, 0.1) is 0 Å². The highest BCUT2D eigenvalue weighted by molar-refractivity contribution is 6.03. The fraction of sp³-hybridized carbons (Fsp3) is 0.263. The molecule has 0 aliphatic heterocycles. The minimum Gasteiger partial charge on any atom is -0.472 e. The molecule has 130 valence electrons. The monoisotopic (exact) mass is 339 g/mol. The normalized spacial score (nSPS) is 10.8. The Kier molecular flexibility index (Phi) is 5.30. The van der Waals surface area contributed by atoms with Gasteiger partial charge in [0.2, 0.25) is 0 Å². The molecular formula is C19H21N3O3. The molecule has 3 rings (SSSR count). The summed E-state index contributed by atoms with van der Waals surface area (Å²) in [4.78, 5) is 12.2. The molecule has 0 unspecified atom stereocenters. The predicted molar refractivity (Wildman–Crippen MR) is 95.4 cm³/mol. The van der Waals surface area contributed by atoms with Crippen LogP contribution < -0.4 is 5.32 Å². The predicted octanol–water partition coefficient (Wildman–Crippen LogP) is 3.34. The van der Waals surface area contributed by atoms with Gasteiger partial charge in [-0.05, 0) is 18.1 Å². The number of carbonyl (C=O) groups excluding carboxylic acids is 1. The third-order valence-electron chi connectivity index (χ3n) is 3.91. The van der Waals surface area contributed by atoms with Gasteiger partial charge in [0.05, 0.1) is 30.7 Å². The zero-order chi connectivity index (χ0) is 17.6. The molecule has 0 fully saturated rings. The van der Waals surface area contributed by atoms with Gasteiger partial charge in [0.1, 0.15) is 12.1 Å². The number of aliphatic hydroxyl groups excluding tert-OH is 1. The number of carbonyl (C=O) groups is 1. The smallest absolute Gasteiger partial charge is 0.260 e. The van der Waals surface area contributed by atoms with Crippen molar-refractivity contribution in [1.82, 2.24) is 9.78 Å². The molecule has 2 aromatic heterocycles. The molecule has 0 saturated carbocycles. The highest BCUT2D eigenvalue weighted by atomic mass is 16.3. The maximum atomic E-state index is 12.2. The Labute approximate surface area is 146 Å². The van der Waals surface area contributed by atoms with Gasteiger partial charge in [-0.25, -0.2) is 4.68 Å². The minimum absolute atomic E-state index is 0.0643. The van der Waals surface area contributed by atoms with Crippen LogP contribution in [0.2, 0.25) is 0 Å². The van der Waals surface area contributed by atoms with Gasteiger partial charge in [-0.2, -0.15) is 5.10 Å². The van der Waals surface area contributed by atoms with Gasteiger partial charge in [-0.3, -0.25) is 4.79 Å². The van der Waals surface area contributed by atoms with Crippen molar-refractivity contribution in [3.05, 3.63) is 60.1 Å². The van der Waals surface area contributed by atoms with Gasteiger partial charge in [-0.1, -0.05) is 37.6 Å². The van der Waals surface area contributed by atoms with Crippen molar-refractivity contribution in [3.63, 3.8) is 0 Å². The molecular weight excluding hydrogens is 318 g/mol. The van der Waals surface area contributed by atoms with Crippen molar-refractivity contribution in [2.24, 2.45) is 0 Å². The second-order valence-corrected chi connectivity index (χ2v) is 5.77. The number of amides is 1. The number of hydrogen-bond donors (Lipinski definition) is 2. The lowest BCUT2D eigenvalue weighted by Crippen LogP contribution is -2.16. The molecule has 2 N–H and O–H groups in total. The van der Waals surface area contributed by atoms with E-state index in [-0.39, 0.29) is 12.5 Å². The SMILES string of the molecule is CCCc1ccc(-c2cc(NC(=O)c3ccoc3)n(CCO)n2)cc1. The highest BCUT2D eigenvalue weighted by Crippen LogP contribution is 2.23. The van der Waals surface area contributed by atoms with Gasteiger partial charge < -0.3 is 14.8 Å². The van der Waals surface area contributed by atoms with Crippen LogP contribution in [0.15, 0.2) is 53.3 Å². The van der Waals surface area contributed by atoms with Crippen LogP contribution in [-0.4, -0.2) is 27.4 Å². The highest BCUT2D eigenvalue weighted by Gasteiger charge is 2.14. The molecule has 1 aromatic carbocycles. The first kappa shape index (κ1) is 17.0. The summed E-state index contributed by atoms with van der Waals surface area (Å²) in [6.45, 7) is 2.39. The Morgan fingerprint density at radius 2 is 2.08 bits per heavy atom. The van der Waals surface area contributed by atoms with E-state index in [1.54, 1.807) is 10.7 Å². The second kappa shape index (κ2) is 7.81. The Morgan fingerprint density at radius 3 is 2.72 bits per heavy atom. The lowest BCUT2D eigenvalue weighted by Gasteiger charge is -2.06. The van der Waals surface area contributed by atoms with Crippen LogP contribution in [0.1, 0.15) is 29.3 Å². The van der Waals surface area contributed by atoms with E-state index in [9.17, 15) is 9.90 Å². The summed E-state index contributed by atoms with van der Waals surface area (Å²) in [6, 6.07) is 11.6. The van der Waals surface area contributed by atoms with Gasteiger partial charge >= 0.3 is 0 Å². The summed E-state index contributed by atoms with van der Waals surface area (Å²) in [5.74, 6) is 0.255. The molecule has 25 heavy (non-hydrogen) atoms. The summed E-state index contributed by atoms with van der Waals surface area (Å²) in [5, 5.41) is 16.6. The lowest BCUT2D eigenvalue weighted by atomic mass is 10.1. The Morgan fingerprint density at radius 1 is 1.28 bits per heavy atom. The maximum absolute atomic E-state index is 12.2. The number of aryl methyl sites for hydroxylation is 1. The lowest BCUT2D eigenvalue weighted by molar-refractivity contribution is 0.102. The van der Waals surface area contributed by atoms with Crippen molar-refractivity contribution in [1.29, 1.82) is 0 Å². The fourth-order valence-corrected chi connectivity index (χ4v) is 2.64. The van der Waals surface area contributed by atoms with Crippen LogP contribution >= 0.6 is 0 Å². The number of nitrogens with zero attached hydrogens (tertiary/aromatic N) is 2. The molecule has 0 spiro atoms. The third kappa shape index (κ3) is 3.97. The molecule has 2 heterocycles. The quantitative estimate of drug-likeness (QED) is 0.692. The summed E-state index contributed by atoms with van der Waals surface area (Å²) >= 11 is 0. The zero-order valence-electron chi connectivity index (χ0n) is 14.1. The van der Waals surface area contributed by atoms with Crippen molar-refractivity contribution in [3.8, 4) is 11.3 Å². The van der Waals surface area contributed by atoms with Gasteiger partial charge in [0.25, 0.3) is 5.91 Å². The molecule has 0 aliphatic carbocycles. The topological polar surface area (TPSA) is 80.3 Å². The average Bonchev–Trinajstić information content (AvgIpc) is 3.27. The van der Waals surface area contributed by atoms with E-state index in [2.05, 4.69) is 29.5 Å². The van der Waals surface area contributed by atoms with Gasteiger partial charge in [0.15, 0.2) is 0 Å². The molecule has 6 heteroatoms. The number of aromatic nitrogens is 2. The van der Waals surface area contributed by atoms with E-state index >= 15 is 0 Å². The largest absolute Gasteiger partial charge is 0.472 e. The second-order valence-electron chi connectivity index (χ2n) is 5.77. The first-order chi connectivity index (χ1) is 12.2. The van der Waals surface area contributed by atoms with Crippen molar-refractivity contribution in [2.75, 3.05) is 11.9 Å². The number of anilines is 1. The standard InChI is InChI=1S/C19H21N3O3/c1-2-3-14-4-6-15(7-5-14)17-12-18(22(21-17)9-10-23)20-19(24)16-8-11-25-13-16/h4-8,11-13,23H,2-3,9-10H2,1H3,(H,20,24). The molecule has 6 nitrogen and oxygen atoms in total. The van der Waals surface area contributed by atoms with E-state index in [1.165, 1.54) is 18.1 Å². The van der Waals surface area contributed by atoms with Crippen molar-refractivity contribution < 1.29 is 14.3 Å². The number of furan rings is 1. The number of nitrogens with one attached hydrogen (secondary N) is 1. The first-order valence-electron chi connectivity index (χ1n) is 8.33. The molecule has 0 saturated heterocycles. The number of benzene rings is 1. The zero-order valence-corrected chi connectivity index (χ0v) is 14.1. The summed E-state index contributed by atoms with van der Waals surface area (Å²) in [6.07, 6.45) is 4.98. The maximum Gasteiger partial charge on any atom is 0.260 e. The van der Waals surface area contributed by atoms with E-state index in [0.29, 0.717) is 17.9 Å². The van der Waals surface area contributed by atoms with E-state index < -0.39 is 0 Å². The Bertz CT molecular complexity index is 820. The van der Waals surface area contributed by atoms with Crippen LogP contribution in [0.3, 0.4) is 0 Å². The van der Waals surface area contributed by atoms with Crippen molar-refractivity contribution >= 4 is 11.7 Å². The van der Waals surface area contributed by atoms with Crippen molar-refractivity contribution in [2.45, 2.75) is 26.3 Å². The van der Waals surface area contributed by atoms with Crippen LogP contribution in [0.25, 0.3) is 11.3 Å². The van der Waals surface area contributed by atoms with E-state index in [0.717, 1.165) is 24.1 Å². The van der Waals surface area contributed by atoms with Gasteiger partial charge in [-0.15, -0.1) is 0 Å². The van der Waals surface area contributed by atoms with Gasteiger partial charge in [0, 0.05) is 11.6 Å². The minimum atomic E-state index is -0.280. The van der Waals surface area contributed by atoms with E-state index in [1.807, 2.05) is 18.2 Å². The fourth-order valence-electron chi connectivity index (χ4n) is 2.64. The molecule has 0 radical (unpaired) electrons. The first-order valence-corrected chi connectivity index (χ1v) is 8.33. The molecule has 3 aromatic rings. The Hall–Kier alpha value is -2.86. The van der Waals surface area contributed by atoms with Crippen LogP contribution in [0.4, 0.5) is 5.82 Å². The summed E-state index contributed by atoms with van der Waals surface area (Å²) in [5.41, 5.74) is 3.44. The molecule has 1 amide bonds. The Balaban J connectivity index is 1.84. The number of aliphatic hydroxyl groups is 1. The van der Waals surface area contributed by atoms with E-state index in [4.69, 9.17) is 4.42 Å². The summed E-state index contributed by atoms with van der Waals surface area (Å²) in [7, 11) is 0. The summed E-state index contributed by atoms with van der Waals surface area (Å²) < 4.78 is 6.52. The molecule has 0 aliphatic rings. The van der Waals surface area contributed by atoms with Crippen LogP contribution in [0.5, 0.6) is 0 Å². The molecule has 0 bridgehead atoms. The third-order valence-corrected chi connectivity index (χ3v) is 3.91. The van der Waals surface area contributed by atoms with Crippen LogP contribution in [-0.2, 0) is 13.0 Å². The number of hydrogen-bond acceptors (Lipinski definition) is 4. The number of rotatable bonds is 7. The molecule has 0 atom stereocenters.